The van der Waals surface area contributed by atoms with Crippen LogP contribution in [0.2, 0.25) is 0 Å². The van der Waals surface area contributed by atoms with Crippen molar-refractivity contribution in [1.29, 1.82) is 0 Å². The molecule has 160 valence electrons. The highest BCUT2D eigenvalue weighted by Gasteiger charge is 2.44. The zero-order valence-electron chi connectivity index (χ0n) is 16.0. The molecule has 1 aromatic heterocycles. The van der Waals surface area contributed by atoms with E-state index in [-0.39, 0.29) is 5.75 Å². The van der Waals surface area contributed by atoms with Gasteiger partial charge in [-0.05, 0) is 42.8 Å². The number of aromatic hydroxyl groups is 1. The Morgan fingerprint density at radius 1 is 1.03 bits per heavy atom. The summed E-state index contributed by atoms with van der Waals surface area (Å²) in [5.74, 6) is -0.342. The van der Waals surface area contributed by atoms with Crippen LogP contribution in [0.3, 0.4) is 0 Å². The number of nitrogens with zero attached hydrogens (tertiary/aromatic N) is 1. The Kier molecular flexibility index (Phi) is 5.75. The van der Waals surface area contributed by atoms with Crippen molar-refractivity contribution < 1.29 is 34.7 Å². The molecule has 0 amide bonds. The largest absolute Gasteiger partial charge is 0.508 e. The number of aliphatic hydroxyl groups excluding tert-OH is 4. The van der Waals surface area contributed by atoms with Gasteiger partial charge in [0.25, 0.3) is 0 Å². The van der Waals surface area contributed by atoms with Crippen LogP contribution in [0.15, 0.2) is 52.4 Å². The van der Waals surface area contributed by atoms with Crippen molar-refractivity contribution in [3.63, 3.8) is 0 Å². The molecule has 9 heteroatoms. The first-order chi connectivity index (χ1) is 14.3. The van der Waals surface area contributed by atoms with Crippen LogP contribution >= 0.6 is 11.8 Å². The lowest BCUT2D eigenvalue weighted by atomic mass is 9.98. The van der Waals surface area contributed by atoms with Crippen LogP contribution in [0.25, 0.3) is 10.9 Å². The lowest BCUT2D eigenvalue weighted by Gasteiger charge is -2.40. The van der Waals surface area contributed by atoms with Crippen LogP contribution in [-0.4, -0.2) is 61.1 Å². The third kappa shape index (κ3) is 3.58. The molecular formula is C21H22FNO6S. The molecule has 0 radical (unpaired) electrons. The standard InChI is InChI=1S/C21H22FNO6S/c1-10-2-7-13(22)16-15(30-12-5-3-11(25)4-6-12)8-23(17(10)16)21-20(28)19(27)18(26)14(9-24)29-21/h2-8,14,18-21,24-28H,9H2,1H3/t14-,18-,19+,20-,21-/m1/s1. The quantitative estimate of drug-likeness (QED) is 0.425. The van der Waals surface area contributed by atoms with Gasteiger partial charge in [-0.25, -0.2) is 4.39 Å². The van der Waals surface area contributed by atoms with Crippen molar-refractivity contribution in [2.24, 2.45) is 0 Å². The Morgan fingerprint density at radius 3 is 2.40 bits per heavy atom. The molecule has 1 aliphatic heterocycles. The van der Waals surface area contributed by atoms with Crippen molar-refractivity contribution >= 4 is 22.7 Å². The zero-order valence-corrected chi connectivity index (χ0v) is 16.8. The molecule has 0 bridgehead atoms. The minimum absolute atomic E-state index is 0.116. The van der Waals surface area contributed by atoms with Gasteiger partial charge in [0.15, 0.2) is 6.23 Å². The first kappa shape index (κ1) is 21.1. The van der Waals surface area contributed by atoms with Crippen LogP contribution in [-0.2, 0) is 4.74 Å². The average Bonchev–Trinajstić information content (AvgIpc) is 3.11. The Hall–Kier alpha value is -2.14. The molecule has 2 heterocycles. The van der Waals surface area contributed by atoms with Crippen LogP contribution in [0.4, 0.5) is 4.39 Å². The fourth-order valence-corrected chi connectivity index (χ4v) is 4.71. The first-order valence-electron chi connectivity index (χ1n) is 9.39. The lowest BCUT2D eigenvalue weighted by molar-refractivity contribution is -0.250. The Balaban J connectivity index is 1.84. The van der Waals surface area contributed by atoms with E-state index >= 15 is 0 Å². The van der Waals surface area contributed by atoms with Crippen LogP contribution in [0.1, 0.15) is 11.8 Å². The van der Waals surface area contributed by atoms with Gasteiger partial charge in [0.05, 0.1) is 12.1 Å². The maximum atomic E-state index is 14.9. The van der Waals surface area contributed by atoms with Gasteiger partial charge in [0, 0.05) is 21.4 Å². The lowest BCUT2D eigenvalue weighted by Crippen LogP contribution is -2.56. The topological polar surface area (TPSA) is 115 Å². The van der Waals surface area contributed by atoms with E-state index in [9.17, 15) is 29.9 Å². The number of phenolic OH excluding ortho intramolecular Hbond substituents is 1. The van der Waals surface area contributed by atoms with Gasteiger partial charge in [0.1, 0.15) is 36.0 Å². The number of hydrogen-bond donors (Lipinski definition) is 5. The maximum Gasteiger partial charge on any atom is 0.163 e. The van der Waals surface area contributed by atoms with E-state index in [4.69, 9.17) is 4.74 Å². The minimum atomic E-state index is -1.54. The SMILES string of the molecule is Cc1ccc(F)c2c(Sc3ccc(O)cc3)cn([C@@H]3O[C@H](CO)[C@@H](O)[C@H](O)[C@H]3O)c12. The molecule has 1 fully saturated rings. The molecule has 30 heavy (non-hydrogen) atoms. The van der Waals surface area contributed by atoms with Crippen molar-refractivity contribution in [3.05, 3.63) is 54.0 Å². The summed E-state index contributed by atoms with van der Waals surface area (Å²) in [7, 11) is 0. The van der Waals surface area contributed by atoms with Crippen LogP contribution in [0, 0.1) is 12.7 Å². The van der Waals surface area contributed by atoms with Gasteiger partial charge in [0.2, 0.25) is 0 Å². The molecule has 1 saturated heterocycles. The van der Waals surface area contributed by atoms with Crippen molar-refractivity contribution in [2.75, 3.05) is 6.61 Å². The first-order valence-corrected chi connectivity index (χ1v) is 10.2. The van der Waals surface area contributed by atoms with Gasteiger partial charge in [-0.3, -0.25) is 0 Å². The van der Waals surface area contributed by atoms with Crippen molar-refractivity contribution in [2.45, 2.75) is 47.4 Å². The number of halogens is 1. The second-order valence-electron chi connectivity index (χ2n) is 7.30. The predicted molar refractivity (Wildman–Crippen MR) is 108 cm³/mol. The fraction of sp³-hybridized carbons (Fsp3) is 0.333. The van der Waals surface area contributed by atoms with E-state index in [1.165, 1.54) is 34.5 Å². The van der Waals surface area contributed by atoms with Gasteiger partial charge in [-0.2, -0.15) is 0 Å². The zero-order chi connectivity index (χ0) is 21.6. The minimum Gasteiger partial charge on any atom is -0.508 e. The number of phenols is 1. The Labute approximate surface area is 176 Å². The number of benzene rings is 2. The Bertz CT molecular complexity index is 1050. The molecule has 0 spiro atoms. The molecule has 5 atom stereocenters. The second kappa shape index (κ2) is 8.18. The smallest absolute Gasteiger partial charge is 0.163 e. The van der Waals surface area contributed by atoms with Gasteiger partial charge < -0.3 is 34.8 Å². The molecule has 3 aromatic rings. The molecule has 0 saturated carbocycles. The van der Waals surface area contributed by atoms with E-state index in [0.29, 0.717) is 15.8 Å². The summed E-state index contributed by atoms with van der Waals surface area (Å²) in [5, 5.41) is 50.1. The van der Waals surface area contributed by atoms with Crippen LogP contribution < -0.4 is 0 Å². The average molecular weight is 435 g/mol. The molecular weight excluding hydrogens is 413 g/mol. The van der Waals surface area contributed by atoms with E-state index in [1.807, 2.05) is 0 Å². The number of ether oxygens (including phenoxy) is 1. The fourth-order valence-electron chi connectivity index (χ4n) is 3.72. The molecule has 0 aliphatic carbocycles. The summed E-state index contributed by atoms with van der Waals surface area (Å²) in [6.45, 7) is 1.24. The normalized spacial score (nSPS) is 26.9. The van der Waals surface area contributed by atoms with Crippen LogP contribution in [0.5, 0.6) is 5.75 Å². The summed E-state index contributed by atoms with van der Waals surface area (Å²) in [6.07, 6.45) is -5.12. The van der Waals surface area contributed by atoms with E-state index in [2.05, 4.69) is 0 Å². The summed E-state index contributed by atoms with van der Waals surface area (Å²) in [5.41, 5.74) is 1.20. The third-order valence-corrected chi connectivity index (χ3v) is 6.33. The van der Waals surface area contributed by atoms with Crippen molar-refractivity contribution in [3.8, 4) is 5.75 Å². The summed E-state index contributed by atoms with van der Waals surface area (Å²) in [6, 6.07) is 9.42. The van der Waals surface area contributed by atoms with E-state index in [0.717, 1.165) is 10.5 Å². The number of aryl methyl sites for hydroxylation is 1. The Morgan fingerprint density at radius 2 is 1.73 bits per heavy atom. The number of fused-ring (bicyclic) bond motifs is 1. The maximum absolute atomic E-state index is 14.9. The molecule has 0 unspecified atom stereocenters. The second-order valence-corrected chi connectivity index (χ2v) is 8.42. The number of aliphatic hydroxyl groups is 4. The number of hydrogen-bond acceptors (Lipinski definition) is 7. The number of rotatable bonds is 4. The molecule has 4 rings (SSSR count). The highest BCUT2D eigenvalue weighted by molar-refractivity contribution is 7.99. The van der Waals surface area contributed by atoms with Gasteiger partial charge >= 0.3 is 0 Å². The predicted octanol–water partition coefficient (Wildman–Crippen LogP) is 1.92. The molecule has 7 nitrogen and oxygen atoms in total. The highest BCUT2D eigenvalue weighted by Crippen LogP contribution is 2.41. The van der Waals surface area contributed by atoms with Gasteiger partial charge in [-0.1, -0.05) is 17.8 Å². The molecule has 2 aromatic carbocycles. The summed E-state index contributed by atoms with van der Waals surface area (Å²) >= 11 is 1.27. The third-order valence-electron chi connectivity index (χ3n) is 5.30. The molecule has 5 N–H and O–H groups in total. The summed E-state index contributed by atoms with van der Waals surface area (Å²) in [4.78, 5) is 1.32. The highest BCUT2D eigenvalue weighted by atomic mass is 32.2. The summed E-state index contributed by atoms with van der Waals surface area (Å²) < 4.78 is 22.1. The molecule has 1 aliphatic rings. The van der Waals surface area contributed by atoms with E-state index in [1.54, 1.807) is 31.3 Å². The van der Waals surface area contributed by atoms with E-state index < -0.39 is 43.1 Å². The van der Waals surface area contributed by atoms with Crippen molar-refractivity contribution in [1.82, 2.24) is 4.57 Å². The monoisotopic (exact) mass is 435 g/mol. The number of aromatic nitrogens is 1. The van der Waals surface area contributed by atoms with Gasteiger partial charge in [-0.15, -0.1) is 0 Å².